The number of ether oxygens (including phenoxy) is 1. The molecule has 0 saturated heterocycles. The Hall–Kier alpha value is -1.69. The van der Waals surface area contributed by atoms with Crippen molar-refractivity contribution >= 4 is 21.9 Å². The summed E-state index contributed by atoms with van der Waals surface area (Å²) < 4.78 is 19.1. The van der Waals surface area contributed by atoms with Gasteiger partial charge in [-0.05, 0) is 40.5 Å². The molecule has 0 spiro atoms. The first-order valence-corrected chi connectivity index (χ1v) is 6.68. The second-order valence-electron chi connectivity index (χ2n) is 3.82. The second-order valence-corrected chi connectivity index (χ2v) is 4.68. The molecule has 0 aliphatic carbocycles. The minimum atomic E-state index is -0.327. The molecule has 2 aromatic rings. The Morgan fingerprint density at radius 3 is 2.95 bits per heavy atom. The summed E-state index contributed by atoms with van der Waals surface area (Å²) >= 11 is 3.24. The highest BCUT2D eigenvalue weighted by Gasteiger charge is 2.06. The largest absolute Gasteiger partial charge is 0.438 e. The van der Waals surface area contributed by atoms with Crippen molar-refractivity contribution in [3.8, 4) is 11.6 Å². The van der Waals surface area contributed by atoms with Crippen LogP contribution in [0, 0.1) is 5.82 Å². The topological polar surface area (TPSA) is 47.0 Å². The zero-order valence-electron chi connectivity index (χ0n) is 10.4. The molecule has 19 heavy (non-hydrogen) atoms. The van der Waals surface area contributed by atoms with Gasteiger partial charge in [0, 0.05) is 18.8 Å². The maximum absolute atomic E-state index is 13.0. The van der Waals surface area contributed by atoms with Gasteiger partial charge in [0.05, 0.1) is 4.47 Å². The molecule has 2 rings (SSSR count). The van der Waals surface area contributed by atoms with Gasteiger partial charge in [0.25, 0.3) is 0 Å². The maximum atomic E-state index is 13.0. The van der Waals surface area contributed by atoms with Crippen LogP contribution in [0.25, 0.3) is 0 Å². The highest BCUT2D eigenvalue weighted by atomic mass is 79.9. The van der Waals surface area contributed by atoms with E-state index in [-0.39, 0.29) is 5.82 Å². The smallest absolute Gasteiger partial charge is 0.225 e. The Bertz CT molecular complexity index is 565. The predicted octanol–water partition coefficient (Wildman–Crippen LogP) is 3.99. The van der Waals surface area contributed by atoms with Crippen molar-refractivity contribution < 1.29 is 9.13 Å². The highest BCUT2D eigenvalue weighted by Crippen LogP contribution is 2.29. The fourth-order valence-corrected chi connectivity index (χ4v) is 1.82. The molecule has 1 aromatic heterocycles. The molecule has 0 aliphatic heterocycles. The molecule has 0 aliphatic rings. The summed E-state index contributed by atoms with van der Waals surface area (Å²) in [7, 11) is 0. The van der Waals surface area contributed by atoms with Gasteiger partial charge in [-0.15, -0.1) is 0 Å². The van der Waals surface area contributed by atoms with Gasteiger partial charge in [0.1, 0.15) is 11.6 Å². The first-order valence-electron chi connectivity index (χ1n) is 5.89. The van der Waals surface area contributed by atoms with Crippen LogP contribution in [-0.2, 0) is 0 Å². The molecule has 1 heterocycles. The summed E-state index contributed by atoms with van der Waals surface area (Å²) in [4.78, 5) is 8.29. The van der Waals surface area contributed by atoms with E-state index in [1.165, 1.54) is 12.1 Å². The van der Waals surface area contributed by atoms with Gasteiger partial charge in [-0.25, -0.2) is 9.37 Å². The highest BCUT2D eigenvalue weighted by molar-refractivity contribution is 9.10. The van der Waals surface area contributed by atoms with E-state index in [4.69, 9.17) is 4.74 Å². The summed E-state index contributed by atoms with van der Waals surface area (Å²) in [6.45, 7) is 2.85. The van der Waals surface area contributed by atoms with E-state index < -0.39 is 0 Å². The van der Waals surface area contributed by atoms with Crippen molar-refractivity contribution in [2.75, 3.05) is 11.9 Å². The summed E-state index contributed by atoms with van der Waals surface area (Å²) in [5.41, 5.74) is 0. The lowest BCUT2D eigenvalue weighted by atomic mass is 10.3. The molecule has 0 atom stereocenters. The van der Waals surface area contributed by atoms with Crippen LogP contribution in [0.3, 0.4) is 0 Å². The molecule has 1 N–H and O–H groups in total. The van der Waals surface area contributed by atoms with Crippen LogP contribution in [0.4, 0.5) is 10.3 Å². The normalized spacial score (nSPS) is 10.3. The minimum absolute atomic E-state index is 0.327. The Morgan fingerprint density at radius 1 is 1.37 bits per heavy atom. The number of aromatic nitrogens is 2. The zero-order chi connectivity index (χ0) is 13.7. The number of nitrogens with zero attached hydrogens (tertiary/aromatic N) is 2. The first-order chi connectivity index (χ1) is 9.19. The lowest BCUT2D eigenvalue weighted by Crippen LogP contribution is -2.04. The average Bonchev–Trinajstić information content (AvgIpc) is 2.40. The summed E-state index contributed by atoms with van der Waals surface area (Å²) in [5.74, 6) is 1.09. The van der Waals surface area contributed by atoms with Crippen LogP contribution in [0.1, 0.15) is 13.3 Å². The molecule has 0 unspecified atom stereocenters. The van der Waals surface area contributed by atoms with Gasteiger partial charge >= 0.3 is 0 Å². The molecule has 6 heteroatoms. The van der Waals surface area contributed by atoms with Crippen LogP contribution in [0.2, 0.25) is 0 Å². The Morgan fingerprint density at radius 2 is 2.21 bits per heavy atom. The standard InChI is InChI=1S/C13H13BrFN3O/c1-2-6-16-13-17-7-5-12(18-13)19-11-4-3-9(15)8-10(11)14/h3-5,7-8H,2,6H2,1H3,(H,16,17,18). The summed E-state index contributed by atoms with van der Waals surface area (Å²) in [6, 6.07) is 5.86. The van der Waals surface area contributed by atoms with E-state index in [1.807, 2.05) is 0 Å². The van der Waals surface area contributed by atoms with Crippen LogP contribution >= 0.6 is 15.9 Å². The molecule has 0 saturated carbocycles. The maximum Gasteiger partial charge on any atom is 0.225 e. The number of nitrogens with one attached hydrogen (secondary N) is 1. The molecule has 1 aromatic carbocycles. The van der Waals surface area contributed by atoms with Crippen molar-refractivity contribution in [1.82, 2.24) is 9.97 Å². The Balaban J connectivity index is 2.14. The summed E-state index contributed by atoms with van der Waals surface area (Å²) in [5, 5.41) is 3.07. The summed E-state index contributed by atoms with van der Waals surface area (Å²) in [6.07, 6.45) is 2.59. The lowest BCUT2D eigenvalue weighted by Gasteiger charge is -2.08. The van der Waals surface area contributed by atoms with E-state index in [0.29, 0.717) is 22.1 Å². The first kappa shape index (κ1) is 13.7. The third kappa shape index (κ3) is 3.89. The minimum Gasteiger partial charge on any atom is -0.438 e. The molecule has 0 radical (unpaired) electrons. The van der Waals surface area contributed by atoms with Crippen molar-refractivity contribution in [3.63, 3.8) is 0 Å². The van der Waals surface area contributed by atoms with Gasteiger partial charge in [0.15, 0.2) is 0 Å². The van der Waals surface area contributed by atoms with Gasteiger partial charge < -0.3 is 10.1 Å². The van der Waals surface area contributed by atoms with Crippen LogP contribution in [-0.4, -0.2) is 16.5 Å². The van der Waals surface area contributed by atoms with Crippen molar-refractivity contribution in [1.29, 1.82) is 0 Å². The van der Waals surface area contributed by atoms with Crippen molar-refractivity contribution in [2.24, 2.45) is 0 Å². The van der Waals surface area contributed by atoms with Gasteiger partial charge in [-0.3, -0.25) is 0 Å². The molecule has 0 bridgehead atoms. The molecule has 0 amide bonds. The average molecular weight is 326 g/mol. The van der Waals surface area contributed by atoms with E-state index in [9.17, 15) is 4.39 Å². The fourth-order valence-electron chi connectivity index (χ4n) is 1.39. The zero-order valence-corrected chi connectivity index (χ0v) is 11.9. The number of anilines is 1. The second kappa shape index (κ2) is 6.47. The number of halogens is 2. The molecular formula is C13H13BrFN3O. The molecule has 100 valence electrons. The van der Waals surface area contributed by atoms with Gasteiger partial charge in [-0.1, -0.05) is 6.92 Å². The van der Waals surface area contributed by atoms with Crippen molar-refractivity contribution in [2.45, 2.75) is 13.3 Å². The van der Waals surface area contributed by atoms with Gasteiger partial charge in [-0.2, -0.15) is 4.98 Å². The molecular weight excluding hydrogens is 313 g/mol. The van der Waals surface area contributed by atoms with E-state index in [1.54, 1.807) is 18.3 Å². The van der Waals surface area contributed by atoms with Crippen LogP contribution in [0.5, 0.6) is 11.6 Å². The van der Waals surface area contributed by atoms with E-state index in [2.05, 4.69) is 38.1 Å². The molecule has 0 fully saturated rings. The Kier molecular flexibility index (Phi) is 4.68. The third-order valence-corrected chi connectivity index (χ3v) is 2.89. The SMILES string of the molecule is CCCNc1nccc(Oc2ccc(F)cc2Br)n1. The van der Waals surface area contributed by atoms with E-state index >= 15 is 0 Å². The Labute approximate surface area is 119 Å². The van der Waals surface area contributed by atoms with Crippen molar-refractivity contribution in [3.05, 3.63) is 40.8 Å². The number of hydrogen-bond donors (Lipinski definition) is 1. The lowest BCUT2D eigenvalue weighted by molar-refractivity contribution is 0.457. The van der Waals surface area contributed by atoms with Crippen LogP contribution in [0.15, 0.2) is 34.9 Å². The number of rotatable bonds is 5. The predicted molar refractivity (Wildman–Crippen MR) is 75.0 cm³/mol. The third-order valence-electron chi connectivity index (χ3n) is 2.27. The van der Waals surface area contributed by atoms with Gasteiger partial charge in [0.2, 0.25) is 11.8 Å². The van der Waals surface area contributed by atoms with E-state index in [0.717, 1.165) is 13.0 Å². The quantitative estimate of drug-likeness (QED) is 0.902. The van der Waals surface area contributed by atoms with Crippen LogP contribution < -0.4 is 10.1 Å². The number of hydrogen-bond acceptors (Lipinski definition) is 4. The fraction of sp³-hybridized carbons (Fsp3) is 0.231. The number of benzene rings is 1. The molecule has 4 nitrogen and oxygen atoms in total. The monoisotopic (exact) mass is 325 g/mol.